The Kier molecular flexibility index (Phi) is 3.69. The van der Waals surface area contributed by atoms with Gasteiger partial charge in [0.05, 0.1) is 22.6 Å². The molecule has 0 amide bonds. The summed E-state index contributed by atoms with van der Waals surface area (Å²) in [6.07, 6.45) is -4.58. The third-order valence-corrected chi connectivity index (χ3v) is 2.96. The zero-order chi connectivity index (χ0) is 14.9. The Hall–Kier alpha value is -2.05. The Morgan fingerprint density at radius 3 is 2.50 bits per heavy atom. The molecule has 0 bridgehead atoms. The van der Waals surface area contributed by atoms with Crippen LogP contribution in [0.1, 0.15) is 22.5 Å². The molecule has 0 aliphatic heterocycles. The summed E-state index contributed by atoms with van der Waals surface area (Å²) in [5, 5.41) is 9.57. The second-order valence-corrected chi connectivity index (χ2v) is 4.46. The fourth-order valence-electron chi connectivity index (χ4n) is 1.96. The van der Waals surface area contributed by atoms with E-state index in [2.05, 4.69) is 15.5 Å². The molecular weight excluding hydrogens is 274 g/mol. The number of nitrogens with zero attached hydrogens (tertiary/aromatic N) is 1. The summed E-state index contributed by atoms with van der Waals surface area (Å²) in [7, 11) is 0. The van der Waals surface area contributed by atoms with Crippen molar-refractivity contribution in [2.75, 3.05) is 5.32 Å². The van der Waals surface area contributed by atoms with Gasteiger partial charge in [0.15, 0.2) is 0 Å². The highest BCUT2D eigenvalue weighted by Crippen LogP contribution is 2.33. The van der Waals surface area contributed by atoms with Gasteiger partial charge in [-0.1, -0.05) is 6.07 Å². The Morgan fingerprint density at radius 1 is 1.25 bits per heavy atom. The summed E-state index contributed by atoms with van der Waals surface area (Å²) in [4.78, 5) is 0. The van der Waals surface area contributed by atoms with E-state index in [9.17, 15) is 17.6 Å². The molecule has 0 radical (unpaired) electrons. The van der Waals surface area contributed by atoms with Gasteiger partial charge in [-0.05, 0) is 31.5 Å². The first-order valence-electron chi connectivity index (χ1n) is 5.90. The molecule has 0 aliphatic rings. The second-order valence-electron chi connectivity index (χ2n) is 4.46. The molecule has 20 heavy (non-hydrogen) atoms. The molecule has 0 saturated heterocycles. The molecule has 0 unspecified atom stereocenters. The first-order valence-corrected chi connectivity index (χ1v) is 5.90. The van der Waals surface area contributed by atoms with Gasteiger partial charge >= 0.3 is 6.18 Å². The fourth-order valence-corrected chi connectivity index (χ4v) is 1.96. The number of aryl methyl sites for hydroxylation is 2. The Labute approximate surface area is 113 Å². The standard InChI is InChI=1S/C13H13F4N3/c1-7-12(8(2)20-19-7)18-6-9-3-4-10(14)5-11(9)13(15,16)17/h3-5,18H,6H2,1-2H3,(H,19,20). The summed E-state index contributed by atoms with van der Waals surface area (Å²) in [6, 6.07) is 2.66. The topological polar surface area (TPSA) is 40.7 Å². The zero-order valence-electron chi connectivity index (χ0n) is 10.9. The SMILES string of the molecule is Cc1n[nH]c(C)c1NCc1ccc(F)cc1C(F)(F)F. The van der Waals surface area contributed by atoms with Gasteiger partial charge in [0, 0.05) is 6.54 Å². The third kappa shape index (κ3) is 2.92. The van der Waals surface area contributed by atoms with Crippen LogP contribution in [0.5, 0.6) is 0 Å². The van der Waals surface area contributed by atoms with Crippen molar-refractivity contribution in [2.24, 2.45) is 0 Å². The first kappa shape index (κ1) is 14.4. The Morgan fingerprint density at radius 2 is 1.95 bits per heavy atom. The summed E-state index contributed by atoms with van der Waals surface area (Å²) >= 11 is 0. The predicted molar refractivity (Wildman–Crippen MR) is 66.8 cm³/mol. The van der Waals surface area contributed by atoms with Crippen LogP contribution in [0.25, 0.3) is 0 Å². The molecule has 1 aromatic heterocycles. The molecular formula is C13H13F4N3. The van der Waals surface area contributed by atoms with E-state index in [1.807, 2.05) is 0 Å². The van der Waals surface area contributed by atoms with Crippen molar-refractivity contribution in [3.63, 3.8) is 0 Å². The van der Waals surface area contributed by atoms with Crippen LogP contribution in [-0.2, 0) is 12.7 Å². The van der Waals surface area contributed by atoms with Crippen molar-refractivity contribution in [1.82, 2.24) is 10.2 Å². The third-order valence-electron chi connectivity index (χ3n) is 2.96. The lowest BCUT2D eigenvalue weighted by atomic mass is 10.1. The average Bonchev–Trinajstić information content (AvgIpc) is 2.67. The predicted octanol–water partition coefficient (Wildman–Crippen LogP) is 3.80. The highest BCUT2D eigenvalue weighted by Gasteiger charge is 2.33. The van der Waals surface area contributed by atoms with Crippen LogP contribution in [0, 0.1) is 19.7 Å². The Bertz CT molecular complexity index is 597. The first-order chi connectivity index (χ1) is 9.29. The van der Waals surface area contributed by atoms with Gasteiger partial charge in [0.2, 0.25) is 0 Å². The molecule has 0 spiro atoms. The number of aromatic amines is 1. The number of halogens is 4. The van der Waals surface area contributed by atoms with Gasteiger partial charge in [-0.3, -0.25) is 5.10 Å². The molecule has 1 aromatic carbocycles. The fraction of sp³-hybridized carbons (Fsp3) is 0.308. The van der Waals surface area contributed by atoms with Crippen molar-refractivity contribution < 1.29 is 17.6 Å². The van der Waals surface area contributed by atoms with Crippen molar-refractivity contribution in [3.8, 4) is 0 Å². The van der Waals surface area contributed by atoms with Crippen LogP contribution < -0.4 is 5.32 Å². The van der Waals surface area contributed by atoms with Crippen molar-refractivity contribution in [1.29, 1.82) is 0 Å². The van der Waals surface area contributed by atoms with E-state index in [1.54, 1.807) is 13.8 Å². The van der Waals surface area contributed by atoms with Crippen LogP contribution in [-0.4, -0.2) is 10.2 Å². The van der Waals surface area contributed by atoms with Gasteiger partial charge in [0.25, 0.3) is 0 Å². The molecule has 0 saturated carbocycles. The van der Waals surface area contributed by atoms with Gasteiger partial charge < -0.3 is 5.32 Å². The highest BCUT2D eigenvalue weighted by molar-refractivity contribution is 5.52. The minimum absolute atomic E-state index is 0.0149. The number of benzene rings is 1. The lowest BCUT2D eigenvalue weighted by Gasteiger charge is -2.14. The maximum absolute atomic E-state index is 13.0. The average molecular weight is 287 g/mol. The van der Waals surface area contributed by atoms with E-state index < -0.39 is 17.6 Å². The minimum Gasteiger partial charge on any atom is -0.378 e. The Balaban J connectivity index is 2.26. The summed E-state index contributed by atoms with van der Waals surface area (Å²) in [6.45, 7) is 3.44. The summed E-state index contributed by atoms with van der Waals surface area (Å²) < 4.78 is 51.5. The largest absolute Gasteiger partial charge is 0.416 e. The number of H-pyrrole nitrogens is 1. The van der Waals surface area contributed by atoms with E-state index >= 15 is 0 Å². The molecule has 2 aromatic rings. The van der Waals surface area contributed by atoms with E-state index in [1.165, 1.54) is 0 Å². The number of hydrogen-bond acceptors (Lipinski definition) is 2. The van der Waals surface area contributed by atoms with Crippen LogP contribution in [0.15, 0.2) is 18.2 Å². The minimum atomic E-state index is -4.58. The molecule has 2 rings (SSSR count). The van der Waals surface area contributed by atoms with Crippen molar-refractivity contribution >= 4 is 5.69 Å². The molecule has 0 atom stereocenters. The number of nitrogens with one attached hydrogen (secondary N) is 2. The molecule has 7 heteroatoms. The van der Waals surface area contributed by atoms with Crippen molar-refractivity contribution in [2.45, 2.75) is 26.6 Å². The van der Waals surface area contributed by atoms with Gasteiger partial charge in [-0.2, -0.15) is 18.3 Å². The summed E-state index contributed by atoms with van der Waals surface area (Å²) in [5.41, 5.74) is 1.07. The molecule has 1 heterocycles. The normalized spacial score (nSPS) is 11.7. The molecule has 0 aliphatic carbocycles. The van der Waals surface area contributed by atoms with Crippen molar-refractivity contribution in [3.05, 3.63) is 46.5 Å². The van der Waals surface area contributed by atoms with E-state index in [0.717, 1.165) is 17.8 Å². The lowest BCUT2D eigenvalue weighted by molar-refractivity contribution is -0.138. The maximum atomic E-state index is 13.0. The molecule has 108 valence electrons. The van der Waals surface area contributed by atoms with Crippen LogP contribution in [0.2, 0.25) is 0 Å². The van der Waals surface area contributed by atoms with Crippen LogP contribution in [0.3, 0.4) is 0 Å². The number of hydrogen-bond donors (Lipinski definition) is 2. The smallest absolute Gasteiger partial charge is 0.378 e. The number of anilines is 1. The second kappa shape index (κ2) is 5.15. The lowest BCUT2D eigenvalue weighted by Crippen LogP contribution is -2.12. The molecule has 2 N–H and O–H groups in total. The number of rotatable bonds is 3. The van der Waals surface area contributed by atoms with E-state index in [-0.39, 0.29) is 12.1 Å². The number of alkyl halides is 3. The molecule has 3 nitrogen and oxygen atoms in total. The monoisotopic (exact) mass is 287 g/mol. The zero-order valence-corrected chi connectivity index (χ0v) is 10.9. The quantitative estimate of drug-likeness (QED) is 0.843. The van der Waals surface area contributed by atoms with Crippen LogP contribution >= 0.6 is 0 Å². The molecule has 0 fully saturated rings. The number of aromatic nitrogens is 2. The maximum Gasteiger partial charge on any atom is 0.416 e. The van der Waals surface area contributed by atoms with Gasteiger partial charge in [-0.25, -0.2) is 4.39 Å². The van der Waals surface area contributed by atoms with Gasteiger partial charge in [0.1, 0.15) is 5.82 Å². The summed E-state index contributed by atoms with van der Waals surface area (Å²) in [5.74, 6) is -0.906. The van der Waals surface area contributed by atoms with E-state index in [4.69, 9.17) is 0 Å². The highest BCUT2D eigenvalue weighted by atomic mass is 19.4. The van der Waals surface area contributed by atoms with Gasteiger partial charge in [-0.15, -0.1) is 0 Å². The van der Waals surface area contributed by atoms with Crippen LogP contribution in [0.4, 0.5) is 23.2 Å². The van der Waals surface area contributed by atoms with E-state index in [0.29, 0.717) is 17.4 Å².